The predicted molar refractivity (Wildman–Crippen MR) is 104 cm³/mol. The molecule has 0 fully saturated rings. The molecule has 0 heterocycles. The number of alkyl halides is 1. The van der Waals surface area contributed by atoms with E-state index >= 15 is 0 Å². The highest BCUT2D eigenvalue weighted by Crippen LogP contribution is 2.29. The molecule has 2 nitrogen and oxygen atoms in total. The van der Waals surface area contributed by atoms with Crippen molar-refractivity contribution in [3.63, 3.8) is 0 Å². The summed E-state index contributed by atoms with van der Waals surface area (Å²) in [5, 5.41) is 9.93. The summed E-state index contributed by atoms with van der Waals surface area (Å²) in [7, 11) is 1.66. The SMILES string of the molecule is COc1ccc([C@H](C#Cc2ccccc2)[C@H](CO)CCCCCl)cc1. The van der Waals surface area contributed by atoms with Crippen molar-refractivity contribution in [1.29, 1.82) is 0 Å². The third-order valence-corrected chi connectivity index (χ3v) is 4.55. The van der Waals surface area contributed by atoms with Gasteiger partial charge in [-0.05, 0) is 48.6 Å². The Kier molecular flexibility index (Phi) is 8.39. The van der Waals surface area contributed by atoms with Gasteiger partial charge < -0.3 is 9.84 Å². The summed E-state index contributed by atoms with van der Waals surface area (Å²) in [6, 6.07) is 17.9. The van der Waals surface area contributed by atoms with Crippen LogP contribution in [-0.2, 0) is 0 Å². The minimum Gasteiger partial charge on any atom is -0.497 e. The Morgan fingerprint density at radius 1 is 1.04 bits per heavy atom. The van der Waals surface area contributed by atoms with E-state index in [2.05, 4.69) is 11.8 Å². The molecule has 132 valence electrons. The molecule has 3 heteroatoms. The summed E-state index contributed by atoms with van der Waals surface area (Å²) in [4.78, 5) is 0. The number of unbranched alkanes of at least 4 members (excludes halogenated alkanes) is 1. The Morgan fingerprint density at radius 3 is 2.36 bits per heavy atom. The fourth-order valence-electron chi connectivity index (χ4n) is 2.83. The molecule has 1 N–H and O–H groups in total. The molecule has 0 bridgehead atoms. The van der Waals surface area contributed by atoms with Crippen LogP contribution in [0.1, 0.15) is 36.3 Å². The van der Waals surface area contributed by atoms with E-state index in [9.17, 15) is 5.11 Å². The maximum atomic E-state index is 9.93. The number of hydrogen-bond donors (Lipinski definition) is 1. The van der Waals surface area contributed by atoms with Crippen molar-refractivity contribution in [3.8, 4) is 17.6 Å². The van der Waals surface area contributed by atoms with Gasteiger partial charge in [-0.3, -0.25) is 0 Å². The van der Waals surface area contributed by atoms with Crippen LogP contribution in [0.15, 0.2) is 54.6 Å². The highest BCUT2D eigenvalue weighted by Gasteiger charge is 2.20. The van der Waals surface area contributed by atoms with Crippen LogP contribution in [0.4, 0.5) is 0 Å². The molecule has 2 aromatic rings. The van der Waals surface area contributed by atoms with E-state index in [1.54, 1.807) is 7.11 Å². The molecule has 0 spiro atoms. The molecule has 0 radical (unpaired) electrons. The molecular weight excluding hydrogens is 332 g/mol. The van der Waals surface area contributed by atoms with Crippen molar-refractivity contribution in [1.82, 2.24) is 0 Å². The van der Waals surface area contributed by atoms with Crippen molar-refractivity contribution < 1.29 is 9.84 Å². The van der Waals surface area contributed by atoms with Crippen LogP contribution in [-0.4, -0.2) is 24.7 Å². The van der Waals surface area contributed by atoms with E-state index in [0.717, 1.165) is 36.1 Å². The lowest BCUT2D eigenvalue weighted by atomic mass is 9.83. The quantitative estimate of drug-likeness (QED) is 0.416. The van der Waals surface area contributed by atoms with Crippen molar-refractivity contribution in [3.05, 3.63) is 65.7 Å². The molecular formula is C22H25ClO2. The molecule has 0 amide bonds. The molecule has 0 saturated heterocycles. The zero-order valence-corrected chi connectivity index (χ0v) is 15.4. The van der Waals surface area contributed by atoms with Crippen molar-refractivity contribution in [2.24, 2.45) is 5.92 Å². The molecule has 2 atom stereocenters. The van der Waals surface area contributed by atoms with Gasteiger partial charge in [0, 0.05) is 18.1 Å². The third kappa shape index (κ3) is 6.12. The van der Waals surface area contributed by atoms with Gasteiger partial charge in [-0.25, -0.2) is 0 Å². The van der Waals surface area contributed by atoms with Gasteiger partial charge in [0.1, 0.15) is 5.75 Å². The highest BCUT2D eigenvalue weighted by molar-refractivity contribution is 6.17. The molecule has 0 unspecified atom stereocenters. The Hall–Kier alpha value is -1.95. The van der Waals surface area contributed by atoms with E-state index < -0.39 is 0 Å². The van der Waals surface area contributed by atoms with E-state index in [1.165, 1.54) is 0 Å². The molecule has 0 aliphatic carbocycles. The second kappa shape index (κ2) is 10.8. The lowest BCUT2D eigenvalue weighted by Gasteiger charge is -2.22. The number of aliphatic hydroxyl groups excluding tert-OH is 1. The minimum atomic E-state index is -0.0218. The van der Waals surface area contributed by atoms with Crippen LogP contribution < -0.4 is 4.74 Å². The number of hydrogen-bond acceptors (Lipinski definition) is 2. The summed E-state index contributed by atoms with van der Waals surface area (Å²) in [6.07, 6.45) is 2.86. The second-order valence-electron chi connectivity index (χ2n) is 6.01. The normalized spacial score (nSPS) is 12.8. The maximum absolute atomic E-state index is 9.93. The smallest absolute Gasteiger partial charge is 0.118 e. The van der Waals surface area contributed by atoms with Crippen molar-refractivity contribution >= 4 is 11.6 Å². The Morgan fingerprint density at radius 2 is 1.76 bits per heavy atom. The van der Waals surface area contributed by atoms with E-state index in [1.807, 2.05) is 54.6 Å². The van der Waals surface area contributed by atoms with Gasteiger partial charge in [0.25, 0.3) is 0 Å². The van der Waals surface area contributed by atoms with Gasteiger partial charge >= 0.3 is 0 Å². The van der Waals surface area contributed by atoms with E-state index in [-0.39, 0.29) is 18.4 Å². The largest absolute Gasteiger partial charge is 0.497 e. The van der Waals surface area contributed by atoms with Gasteiger partial charge in [0.2, 0.25) is 0 Å². The van der Waals surface area contributed by atoms with Gasteiger partial charge in [0.05, 0.1) is 13.0 Å². The first-order chi connectivity index (χ1) is 12.3. The molecule has 2 aromatic carbocycles. The van der Waals surface area contributed by atoms with Crippen LogP contribution in [0.3, 0.4) is 0 Å². The fraction of sp³-hybridized carbons (Fsp3) is 0.364. The highest BCUT2D eigenvalue weighted by atomic mass is 35.5. The zero-order chi connectivity index (χ0) is 17.9. The molecule has 0 aliphatic rings. The van der Waals surface area contributed by atoms with Crippen molar-refractivity contribution in [2.75, 3.05) is 19.6 Å². The number of rotatable bonds is 8. The predicted octanol–water partition coefficient (Wildman–Crippen LogP) is 4.85. The van der Waals surface area contributed by atoms with Gasteiger partial charge in [-0.15, -0.1) is 11.6 Å². The number of methoxy groups -OCH3 is 1. The summed E-state index contributed by atoms with van der Waals surface area (Å²) in [6.45, 7) is 0.114. The molecule has 0 saturated carbocycles. The summed E-state index contributed by atoms with van der Waals surface area (Å²) < 4.78 is 5.24. The summed E-state index contributed by atoms with van der Waals surface area (Å²) >= 11 is 5.79. The van der Waals surface area contributed by atoms with Gasteiger partial charge in [-0.1, -0.05) is 48.6 Å². The summed E-state index contributed by atoms with van der Waals surface area (Å²) in [5.74, 6) is 8.19. The standard InChI is InChI=1S/C22H25ClO2/c1-25-21-13-11-19(12-14-21)22(20(17-24)9-5-6-16-23)15-10-18-7-3-2-4-8-18/h2-4,7-8,11-14,20,22,24H,5-6,9,16-17H2,1H3/t20-,22-/m0/s1. The molecule has 2 rings (SSSR count). The summed E-state index contributed by atoms with van der Waals surface area (Å²) in [5.41, 5.74) is 2.09. The van der Waals surface area contributed by atoms with Crippen LogP contribution in [0.2, 0.25) is 0 Å². The first-order valence-corrected chi connectivity index (χ1v) is 9.19. The second-order valence-corrected chi connectivity index (χ2v) is 6.39. The van der Waals surface area contributed by atoms with Crippen molar-refractivity contribution in [2.45, 2.75) is 25.2 Å². The van der Waals surface area contributed by atoms with Crippen LogP contribution >= 0.6 is 11.6 Å². The Balaban J connectivity index is 2.27. The molecule has 0 aliphatic heterocycles. The lowest BCUT2D eigenvalue weighted by molar-refractivity contribution is 0.206. The molecule has 0 aromatic heterocycles. The lowest BCUT2D eigenvalue weighted by Crippen LogP contribution is -2.16. The Labute approximate surface area is 155 Å². The first kappa shape index (κ1) is 19.4. The van der Waals surface area contributed by atoms with Gasteiger partial charge in [0.15, 0.2) is 0 Å². The van der Waals surface area contributed by atoms with Crippen LogP contribution in [0.25, 0.3) is 0 Å². The number of halogens is 1. The average Bonchev–Trinajstić information content (AvgIpc) is 2.68. The third-order valence-electron chi connectivity index (χ3n) is 4.29. The van der Waals surface area contributed by atoms with E-state index in [4.69, 9.17) is 16.3 Å². The monoisotopic (exact) mass is 356 g/mol. The minimum absolute atomic E-state index is 0.0218. The number of ether oxygens (including phenoxy) is 1. The van der Waals surface area contributed by atoms with E-state index in [0.29, 0.717) is 5.88 Å². The number of aliphatic hydroxyl groups is 1. The zero-order valence-electron chi connectivity index (χ0n) is 14.6. The van der Waals surface area contributed by atoms with Crippen LogP contribution in [0.5, 0.6) is 5.75 Å². The topological polar surface area (TPSA) is 29.5 Å². The fourth-order valence-corrected chi connectivity index (χ4v) is 3.02. The van der Waals surface area contributed by atoms with Gasteiger partial charge in [-0.2, -0.15) is 0 Å². The average molecular weight is 357 g/mol. The maximum Gasteiger partial charge on any atom is 0.118 e. The first-order valence-electron chi connectivity index (χ1n) is 8.66. The molecule has 25 heavy (non-hydrogen) atoms. The number of benzene rings is 2. The van der Waals surface area contributed by atoms with Crippen LogP contribution in [0, 0.1) is 17.8 Å². The Bertz CT molecular complexity index is 671.